The maximum atomic E-state index is 12.8. The summed E-state index contributed by atoms with van der Waals surface area (Å²) < 4.78 is 38.5. The van der Waals surface area contributed by atoms with Gasteiger partial charge in [0.1, 0.15) is 5.03 Å². The lowest BCUT2D eigenvalue weighted by molar-refractivity contribution is -0.137. The molecule has 0 aliphatic heterocycles. The molecule has 0 saturated heterocycles. The highest BCUT2D eigenvalue weighted by Gasteiger charge is 2.30. The maximum Gasteiger partial charge on any atom is 0.416 e. The summed E-state index contributed by atoms with van der Waals surface area (Å²) >= 11 is 2.34. The van der Waals surface area contributed by atoms with E-state index >= 15 is 0 Å². The van der Waals surface area contributed by atoms with Gasteiger partial charge in [0.25, 0.3) is 0 Å². The second kappa shape index (κ2) is 10.8. The zero-order valence-electron chi connectivity index (χ0n) is 17.8. The fourth-order valence-corrected chi connectivity index (χ4v) is 4.33. The lowest BCUT2D eigenvalue weighted by Crippen LogP contribution is -2.15. The summed E-state index contributed by atoms with van der Waals surface area (Å²) in [6.45, 7) is 3.73. The van der Waals surface area contributed by atoms with Crippen LogP contribution in [0.1, 0.15) is 27.2 Å². The van der Waals surface area contributed by atoms with Crippen LogP contribution in [0, 0.1) is 13.8 Å². The number of rotatable bonds is 8. The molecule has 0 atom stereocenters. The molecule has 5 nitrogen and oxygen atoms in total. The van der Waals surface area contributed by atoms with E-state index in [2.05, 4.69) is 15.3 Å². The number of hydrogen-bond donors (Lipinski definition) is 1. The van der Waals surface area contributed by atoms with Crippen molar-refractivity contribution in [2.75, 3.05) is 16.8 Å². The Kier molecular flexibility index (Phi) is 8.15. The first-order valence-corrected chi connectivity index (χ1v) is 11.8. The van der Waals surface area contributed by atoms with Crippen molar-refractivity contribution in [1.29, 1.82) is 0 Å². The molecule has 3 rings (SSSR count). The van der Waals surface area contributed by atoms with Gasteiger partial charge in [-0.2, -0.15) is 13.2 Å². The van der Waals surface area contributed by atoms with Gasteiger partial charge in [0.05, 0.1) is 17.1 Å². The Morgan fingerprint density at radius 1 is 0.939 bits per heavy atom. The number of nitrogens with zero attached hydrogens (tertiary/aromatic N) is 2. The number of benzene rings is 2. The van der Waals surface area contributed by atoms with Crippen LogP contribution in [-0.4, -0.2) is 33.2 Å². The summed E-state index contributed by atoms with van der Waals surface area (Å²) in [7, 11) is 0. The van der Waals surface area contributed by atoms with Gasteiger partial charge in [0.15, 0.2) is 10.9 Å². The molecule has 1 amide bonds. The predicted molar refractivity (Wildman–Crippen MR) is 124 cm³/mol. The van der Waals surface area contributed by atoms with Crippen LogP contribution in [0.4, 0.5) is 18.9 Å². The Labute approximate surface area is 197 Å². The van der Waals surface area contributed by atoms with Gasteiger partial charge in [-0.05, 0) is 38.1 Å². The van der Waals surface area contributed by atoms with E-state index < -0.39 is 17.6 Å². The molecule has 2 aromatic carbocycles. The number of carbonyl (C=O) groups is 2. The SMILES string of the molecule is Cc1ccc(C(=O)CSc2nc(C)cc(SCC(=O)Nc3cccc(C(F)(F)F)c3)n2)cc1. The summed E-state index contributed by atoms with van der Waals surface area (Å²) in [6.07, 6.45) is -4.48. The quantitative estimate of drug-likeness (QED) is 0.185. The van der Waals surface area contributed by atoms with Crippen molar-refractivity contribution in [1.82, 2.24) is 9.97 Å². The number of ketones is 1. The van der Waals surface area contributed by atoms with Crippen molar-refractivity contribution in [2.24, 2.45) is 0 Å². The molecule has 0 aliphatic carbocycles. The van der Waals surface area contributed by atoms with Crippen molar-refractivity contribution in [3.8, 4) is 0 Å². The summed E-state index contributed by atoms with van der Waals surface area (Å²) in [5, 5.41) is 3.41. The van der Waals surface area contributed by atoms with Gasteiger partial charge in [-0.1, -0.05) is 59.4 Å². The molecule has 3 aromatic rings. The van der Waals surface area contributed by atoms with Crippen LogP contribution in [0.25, 0.3) is 0 Å². The molecule has 0 aliphatic rings. The Bertz CT molecular complexity index is 1150. The van der Waals surface area contributed by atoms with Crippen molar-refractivity contribution >= 4 is 40.9 Å². The number of carbonyl (C=O) groups excluding carboxylic acids is 2. The van der Waals surface area contributed by atoms with E-state index in [1.807, 2.05) is 19.1 Å². The number of Topliss-reactive ketones (excluding diaryl/α,β-unsaturated/α-hetero) is 1. The molecule has 33 heavy (non-hydrogen) atoms. The molecule has 1 aromatic heterocycles. The van der Waals surface area contributed by atoms with E-state index in [0.717, 1.165) is 29.5 Å². The number of aryl methyl sites for hydroxylation is 2. The fraction of sp³-hybridized carbons (Fsp3) is 0.217. The number of halogens is 3. The van der Waals surface area contributed by atoms with Crippen LogP contribution in [0.3, 0.4) is 0 Å². The van der Waals surface area contributed by atoms with Gasteiger partial charge < -0.3 is 5.32 Å². The lowest BCUT2D eigenvalue weighted by atomic mass is 10.1. The lowest BCUT2D eigenvalue weighted by Gasteiger charge is -2.10. The van der Waals surface area contributed by atoms with E-state index in [4.69, 9.17) is 0 Å². The van der Waals surface area contributed by atoms with Gasteiger partial charge >= 0.3 is 6.18 Å². The van der Waals surface area contributed by atoms with Crippen LogP contribution in [-0.2, 0) is 11.0 Å². The van der Waals surface area contributed by atoms with Crippen molar-refractivity contribution in [3.63, 3.8) is 0 Å². The van der Waals surface area contributed by atoms with Crippen LogP contribution in [0.15, 0.2) is 64.8 Å². The average Bonchev–Trinajstić information content (AvgIpc) is 2.76. The number of amides is 1. The van der Waals surface area contributed by atoms with Crippen molar-refractivity contribution < 1.29 is 22.8 Å². The van der Waals surface area contributed by atoms with Gasteiger partial charge in [0.2, 0.25) is 5.91 Å². The monoisotopic (exact) mass is 491 g/mol. The zero-order valence-corrected chi connectivity index (χ0v) is 19.4. The number of nitrogens with one attached hydrogen (secondary N) is 1. The highest BCUT2D eigenvalue weighted by Crippen LogP contribution is 2.30. The molecule has 0 spiro atoms. The normalized spacial score (nSPS) is 11.3. The molecule has 1 heterocycles. The molecule has 0 bridgehead atoms. The van der Waals surface area contributed by atoms with Gasteiger partial charge in [0, 0.05) is 16.9 Å². The average molecular weight is 492 g/mol. The first-order valence-electron chi connectivity index (χ1n) is 9.78. The molecule has 10 heteroatoms. The topological polar surface area (TPSA) is 72.0 Å². The minimum Gasteiger partial charge on any atom is -0.325 e. The summed E-state index contributed by atoms with van der Waals surface area (Å²) in [5.41, 5.74) is 1.60. The second-order valence-corrected chi connectivity index (χ2v) is 9.06. The third-order valence-corrected chi connectivity index (χ3v) is 6.10. The highest BCUT2D eigenvalue weighted by molar-refractivity contribution is 8.00. The molecule has 1 N–H and O–H groups in total. The number of thioether (sulfide) groups is 2. The summed E-state index contributed by atoms with van der Waals surface area (Å²) in [6, 6.07) is 13.5. The van der Waals surface area contributed by atoms with E-state index in [0.29, 0.717) is 21.4 Å². The van der Waals surface area contributed by atoms with Crippen molar-refractivity contribution in [2.45, 2.75) is 30.2 Å². The Morgan fingerprint density at radius 2 is 1.67 bits per heavy atom. The third kappa shape index (κ3) is 7.61. The summed E-state index contributed by atoms with van der Waals surface area (Å²) in [5.74, 6) is -0.370. The van der Waals surface area contributed by atoms with Crippen LogP contribution >= 0.6 is 23.5 Å². The van der Waals surface area contributed by atoms with Crippen LogP contribution < -0.4 is 5.32 Å². The molecular weight excluding hydrogens is 471 g/mol. The first kappa shape index (κ1) is 24.8. The minimum atomic E-state index is -4.48. The summed E-state index contributed by atoms with van der Waals surface area (Å²) in [4.78, 5) is 33.3. The maximum absolute atomic E-state index is 12.8. The van der Waals surface area contributed by atoms with Gasteiger partial charge in [-0.25, -0.2) is 9.97 Å². The predicted octanol–water partition coefficient (Wildman–Crippen LogP) is 5.82. The van der Waals surface area contributed by atoms with E-state index in [-0.39, 0.29) is 23.0 Å². The largest absolute Gasteiger partial charge is 0.416 e. The van der Waals surface area contributed by atoms with Gasteiger partial charge in [-0.3, -0.25) is 9.59 Å². The molecular formula is C23H20F3N3O2S2. The molecule has 0 saturated carbocycles. The number of hydrogen-bond acceptors (Lipinski definition) is 6. The van der Waals surface area contributed by atoms with Gasteiger partial charge in [-0.15, -0.1) is 0 Å². The number of alkyl halides is 3. The smallest absolute Gasteiger partial charge is 0.325 e. The number of aromatic nitrogens is 2. The zero-order chi connectivity index (χ0) is 24.0. The van der Waals surface area contributed by atoms with Crippen LogP contribution in [0.5, 0.6) is 0 Å². The first-order chi connectivity index (χ1) is 15.6. The number of anilines is 1. The Hall–Kier alpha value is -2.85. The standard InChI is InChI=1S/C23H20F3N3O2S2/c1-14-6-8-16(9-7-14)19(30)12-33-22-27-15(2)10-21(29-22)32-13-20(31)28-18-5-3-4-17(11-18)23(24,25)26/h3-11H,12-13H2,1-2H3,(H,28,31). The molecule has 172 valence electrons. The third-order valence-electron chi connectivity index (χ3n) is 4.34. The van der Waals surface area contributed by atoms with Crippen molar-refractivity contribution in [3.05, 3.63) is 77.0 Å². The van der Waals surface area contributed by atoms with E-state index in [1.165, 1.54) is 23.9 Å². The molecule has 0 fully saturated rings. The highest BCUT2D eigenvalue weighted by atomic mass is 32.2. The molecule has 0 radical (unpaired) electrons. The second-order valence-electron chi connectivity index (χ2n) is 7.12. The fourth-order valence-electron chi connectivity index (χ4n) is 2.71. The van der Waals surface area contributed by atoms with E-state index in [9.17, 15) is 22.8 Å². The minimum absolute atomic E-state index is 0.0419. The van der Waals surface area contributed by atoms with Crippen LogP contribution in [0.2, 0.25) is 0 Å². The van der Waals surface area contributed by atoms with E-state index in [1.54, 1.807) is 25.1 Å². The molecule has 0 unspecified atom stereocenters. The Balaban J connectivity index is 1.56. The Morgan fingerprint density at radius 3 is 2.36 bits per heavy atom.